The van der Waals surface area contributed by atoms with Gasteiger partial charge in [0.2, 0.25) is 11.8 Å². The summed E-state index contributed by atoms with van der Waals surface area (Å²) in [4.78, 5) is 0. The van der Waals surface area contributed by atoms with Crippen molar-refractivity contribution in [2.45, 2.75) is 24.1 Å². The molecule has 2 heterocycles. The van der Waals surface area contributed by atoms with Crippen LogP contribution in [0.25, 0.3) is 11.5 Å². The molecule has 0 bridgehead atoms. The van der Waals surface area contributed by atoms with Gasteiger partial charge in [0.05, 0.1) is 12.3 Å². The Labute approximate surface area is 205 Å². The van der Waals surface area contributed by atoms with Gasteiger partial charge in [-0.1, -0.05) is 71.9 Å². The van der Waals surface area contributed by atoms with E-state index in [1.54, 1.807) is 12.1 Å². The summed E-state index contributed by atoms with van der Waals surface area (Å²) in [6.07, 6.45) is 0. The van der Waals surface area contributed by atoms with Crippen molar-refractivity contribution in [1.82, 2.24) is 25.0 Å². The fraction of sp³-hybridized carbons (Fsp3) is 0.120. The number of thioether (sulfide) groups is 1. The molecule has 0 radical (unpaired) electrons. The normalized spacial score (nSPS) is 11.0. The first-order chi connectivity index (χ1) is 16.7. The Kier molecular flexibility index (Phi) is 6.88. The maximum absolute atomic E-state index is 5.97. The molecular formula is C25H20ClN5O2S. The summed E-state index contributed by atoms with van der Waals surface area (Å²) in [7, 11) is 0. The van der Waals surface area contributed by atoms with Crippen LogP contribution in [0.1, 0.15) is 17.3 Å². The van der Waals surface area contributed by atoms with Crippen LogP contribution in [0.15, 0.2) is 94.5 Å². The van der Waals surface area contributed by atoms with Gasteiger partial charge < -0.3 is 9.15 Å². The standard InChI is InChI=1S/C25H20ClN5O2S/c26-20-11-13-21(14-12-20)32-16-22-27-30-25(31(22)15-18-7-3-1-4-8-18)34-17-23-28-29-24(33-23)19-9-5-2-6-10-19/h1-14H,15-17H2. The zero-order valence-corrected chi connectivity index (χ0v) is 19.6. The van der Waals surface area contributed by atoms with Gasteiger partial charge in [0.25, 0.3) is 0 Å². The largest absolute Gasteiger partial charge is 0.486 e. The predicted octanol–water partition coefficient (Wildman–Crippen LogP) is 5.90. The molecule has 0 fully saturated rings. The second-order valence-electron chi connectivity index (χ2n) is 7.37. The smallest absolute Gasteiger partial charge is 0.247 e. The van der Waals surface area contributed by atoms with Gasteiger partial charge >= 0.3 is 0 Å². The van der Waals surface area contributed by atoms with Crippen LogP contribution in [-0.2, 0) is 18.9 Å². The Morgan fingerprint density at radius 2 is 1.56 bits per heavy atom. The fourth-order valence-electron chi connectivity index (χ4n) is 3.27. The van der Waals surface area contributed by atoms with Crippen molar-refractivity contribution < 1.29 is 9.15 Å². The molecule has 0 aliphatic rings. The summed E-state index contributed by atoms with van der Waals surface area (Å²) < 4.78 is 13.8. The quantitative estimate of drug-likeness (QED) is 0.238. The van der Waals surface area contributed by atoms with Crippen LogP contribution in [0.2, 0.25) is 5.02 Å². The van der Waals surface area contributed by atoms with Crippen molar-refractivity contribution in [1.29, 1.82) is 0 Å². The highest BCUT2D eigenvalue weighted by atomic mass is 35.5. The molecule has 34 heavy (non-hydrogen) atoms. The van der Waals surface area contributed by atoms with Crippen LogP contribution in [-0.4, -0.2) is 25.0 Å². The van der Waals surface area contributed by atoms with Crippen LogP contribution in [0.4, 0.5) is 0 Å². The van der Waals surface area contributed by atoms with Crippen molar-refractivity contribution >= 4 is 23.4 Å². The highest BCUT2D eigenvalue weighted by molar-refractivity contribution is 7.98. The Bertz CT molecular complexity index is 1340. The van der Waals surface area contributed by atoms with Gasteiger partial charge in [-0.3, -0.25) is 4.57 Å². The van der Waals surface area contributed by atoms with Crippen LogP contribution in [0, 0.1) is 0 Å². The Morgan fingerprint density at radius 1 is 0.824 bits per heavy atom. The van der Waals surface area contributed by atoms with Crippen molar-refractivity contribution in [3.05, 3.63) is 107 Å². The molecule has 170 valence electrons. The summed E-state index contributed by atoms with van der Waals surface area (Å²) in [6.45, 7) is 0.898. The van der Waals surface area contributed by atoms with Crippen molar-refractivity contribution in [3.8, 4) is 17.2 Å². The number of aromatic nitrogens is 5. The van der Waals surface area contributed by atoms with Gasteiger partial charge in [0.15, 0.2) is 11.0 Å². The minimum Gasteiger partial charge on any atom is -0.486 e. The first-order valence-electron chi connectivity index (χ1n) is 10.6. The SMILES string of the molecule is Clc1ccc(OCc2nnc(SCc3nnc(-c4ccccc4)o3)n2Cc2ccccc2)cc1. The zero-order chi connectivity index (χ0) is 23.2. The molecule has 2 aromatic heterocycles. The molecule has 0 spiro atoms. The predicted molar refractivity (Wildman–Crippen MR) is 131 cm³/mol. The maximum Gasteiger partial charge on any atom is 0.247 e. The molecule has 0 saturated carbocycles. The van der Waals surface area contributed by atoms with Gasteiger partial charge in [-0.2, -0.15) is 0 Å². The summed E-state index contributed by atoms with van der Waals surface area (Å²) in [6, 6.07) is 27.1. The van der Waals surface area contributed by atoms with Crippen molar-refractivity contribution in [2.24, 2.45) is 0 Å². The van der Waals surface area contributed by atoms with Gasteiger partial charge in [-0.05, 0) is 42.0 Å². The number of hydrogen-bond donors (Lipinski definition) is 0. The van der Waals surface area contributed by atoms with E-state index in [0.29, 0.717) is 34.9 Å². The van der Waals surface area contributed by atoms with Gasteiger partial charge in [0.1, 0.15) is 12.4 Å². The van der Waals surface area contributed by atoms with E-state index in [2.05, 4.69) is 32.5 Å². The minimum absolute atomic E-state index is 0.279. The first kappa shape index (κ1) is 22.2. The summed E-state index contributed by atoms with van der Waals surface area (Å²) in [5.41, 5.74) is 2.03. The molecule has 0 aliphatic heterocycles. The van der Waals surface area contributed by atoms with Crippen molar-refractivity contribution in [3.63, 3.8) is 0 Å². The van der Waals surface area contributed by atoms with E-state index >= 15 is 0 Å². The summed E-state index contributed by atoms with van der Waals surface area (Å²) in [5, 5.41) is 18.5. The second kappa shape index (κ2) is 10.5. The van der Waals surface area contributed by atoms with Crippen LogP contribution in [0.5, 0.6) is 5.75 Å². The first-order valence-corrected chi connectivity index (χ1v) is 12.0. The number of halogens is 1. The molecule has 0 N–H and O–H groups in total. The molecule has 0 atom stereocenters. The Balaban J connectivity index is 1.32. The minimum atomic E-state index is 0.279. The molecular weight excluding hydrogens is 470 g/mol. The van der Waals surface area contributed by atoms with E-state index in [1.807, 2.05) is 65.2 Å². The second-order valence-corrected chi connectivity index (χ2v) is 8.75. The summed E-state index contributed by atoms with van der Waals surface area (Å²) in [5.74, 6) is 2.94. The molecule has 3 aromatic carbocycles. The van der Waals surface area contributed by atoms with E-state index < -0.39 is 0 Å². The number of benzene rings is 3. The van der Waals surface area contributed by atoms with Crippen LogP contribution < -0.4 is 4.74 Å². The molecule has 0 unspecified atom stereocenters. The molecule has 7 nitrogen and oxygen atoms in total. The molecule has 5 aromatic rings. The lowest BCUT2D eigenvalue weighted by Crippen LogP contribution is -2.09. The fourth-order valence-corrected chi connectivity index (χ4v) is 4.19. The molecule has 9 heteroatoms. The molecule has 0 aliphatic carbocycles. The number of rotatable bonds is 9. The maximum atomic E-state index is 5.97. The molecule has 5 rings (SSSR count). The van der Waals surface area contributed by atoms with E-state index in [4.69, 9.17) is 20.8 Å². The number of hydrogen-bond acceptors (Lipinski definition) is 7. The molecule has 0 amide bonds. The number of nitrogens with zero attached hydrogens (tertiary/aromatic N) is 5. The van der Waals surface area contributed by atoms with E-state index in [9.17, 15) is 0 Å². The topological polar surface area (TPSA) is 78.9 Å². The third-order valence-corrected chi connectivity index (χ3v) is 6.17. The van der Waals surface area contributed by atoms with E-state index in [1.165, 1.54) is 11.8 Å². The van der Waals surface area contributed by atoms with Crippen LogP contribution in [0.3, 0.4) is 0 Å². The highest BCUT2D eigenvalue weighted by Crippen LogP contribution is 2.25. The highest BCUT2D eigenvalue weighted by Gasteiger charge is 2.16. The summed E-state index contributed by atoms with van der Waals surface area (Å²) >= 11 is 7.46. The lowest BCUT2D eigenvalue weighted by molar-refractivity contribution is 0.289. The average Bonchev–Trinajstić information content (AvgIpc) is 3.51. The average molecular weight is 490 g/mol. The Morgan fingerprint density at radius 3 is 2.32 bits per heavy atom. The van der Waals surface area contributed by atoms with Gasteiger partial charge in [-0.15, -0.1) is 20.4 Å². The van der Waals surface area contributed by atoms with Crippen molar-refractivity contribution in [2.75, 3.05) is 0 Å². The monoisotopic (exact) mass is 489 g/mol. The lowest BCUT2D eigenvalue weighted by atomic mass is 10.2. The van der Waals surface area contributed by atoms with Gasteiger partial charge in [-0.25, -0.2) is 0 Å². The van der Waals surface area contributed by atoms with E-state index in [-0.39, 0.29) is 6.61 Å². The third kappa shape index (κ3) is 5.47. The Hall–Kier alpha value is -3.62. The zero-order valence-electron chi connectivity index (χ0n) is 18.0. The number of ether oxygens (including phenoxy) is 1. The molecule has 0 saturated heterocycles. The lowest BCUT2D eigenvalue weighted by Gasteiger charge is -2.11. The van der Waals surface area contributed by atoms with E-state index in [0.717, 1.165) is 22.1 Å². The third-order valence-electron chi connectivity index (χ3n) is 4.97. The van der Waals surface area contributed by atoms with Gasteiger partial charge in [0, 0.05) is 10.6 Å². The van der Waals surface area contributed by atoms with Crippen LogP contribution >= 0.6 is 23.4 Å².